The van der Waals surface area contributed by atoms with Gasteiger partial charge in [-0.25, -0.2) is 0 Å². The third-order valence-corrected chi connectivity index (χ3v) is 6.33. The normalized spacial score (nSPS) is 16.1. The highest BCUT2D eigenvalue weighted by Gasteiger charge is 2.41. The van der Waals surface area contributed by atoms with E-state index in [4.69, 9.17) is 5.26 Å². The third-order valence-electron chi connectivity index (χ3n) is 3.97. The summed E-state index contributed by atoms with van der Waals surface area (Å²) in [5, 5.41) is 12.0. The number of rotatable bonds is 2. The van der Waals surface area contributed by atoms with Crippen molar-refractivity contribution in [1.29, 1.82) is 5.26 Å². The second-order valence-electron chi connectivity index (χ2n) is 5.52. The number of alkyl halides is 3. The van der Waals surface area contributed by atoms with Gasteiger partial charge >= 0.3 is 17.3 Å². The molecular weight excluding hydrogens is 357 g/mol. The molecule has 6 nitrogen and oxygen atoms in total. The number of nitriles is 1. The molecule has 0 amide bonds. The van der Waals surface area contributed by atoms with Crippen LogP contribution in [0.2, 0.25) is 0 Å². The number of aromatic amines is 1. The molecule has 1 saturated heterocycles. The highest BCUT2D eigenvalue weighted by molar-refractivity contribution is 7.97. The van der Waals surface area contributed by atoms with Crippen molar-refractivity contribution < 1.29 is 13.2 Å². The SMILES string of the molecule is N#CCn1c(=O)c(=O)[nH]c2cc(C(F)(F)F)c([S+]3CCNCC3)cc21. The number of H-pyrrole nitrogens is 1. The molecule has 2 aromatic rings. The fraction of sp³-hybridized carbons (Fsp3) is 0.400. The van der Waals surface area contributed by atoms with Crippen molar-refractivity contribution in [3.63, 3.8) is 0 Å². The van der Waals surface area contributed by atoms with Gasteiger partial charge in [-0.15, -0.1) is 0 Å². The summed E-state index contributed by atoms with van der Waals surface area (Å²) in [5.74, 6) is 1.14. The predicted molar refractivity (Wildman–Crippen MR) is 87.7 cm³/mol. The molecule has 0 saturated carbocycles. The Labute approximate surface area is 142 Å². The van der Waals surface area contributed by atoms with E-state index in [2.05, 4.69) is 10.3 Å². The van der Waals surface area contributed by atoms with E-state index < -0.39 is 40.3 Å². The predicted octanol–water partition coefficient (Wildman–Crippen LogP) is 0.813. The Kier molecular flexibility index (Phi) is 4.62. The van der Waals surface area contributed by atoms with E-state index in [-0.39, 0.29) is 15.9 Å². The maximum atomic E-state index is 13.5. The molecule has 1 fully saturated rings. The highest BCUT2D eigenvalue weighted by Crippen LogP contribution is 2.37. The van der Waals surface area contributed by atoms with Gasteiger partial charge in [0.25, 0.3) is 0 Å². The van der Waals surface area contributed by atoms with Gasteiger partial charge in [0.15, 0.2) is 4.90 Å². The molecule has 1 aliphatic rings. The molecule has 1 aromatic carbocycles. The summed E-state index contributed by atoms with van der Waals surface area (Å²) >= 11 is 0. The summed E-state index contributed by atoms with van der Waals surface area (Å²) in [7, 11) is -0.619. The van der Waals surface area contributed by atoms with Gasteiger partial charge in [0, 0.05) is 30.1 Å². The van der Waals surface area contributed by atoms with Crippen molar-refractivity contribution in [2.45, 2.75) is 17.6 Å². The van der Waals surface area contributed by atoms with Crippen LogP contribution in [0, 0.1) is 11.3 Å². The molecule has 0 aliphatic carbocycles. The smallest absolute Gasteiger partial charge is 0.316 e. The molecule has 2 N–H and O–H groups in total. The second-order valence-corrected chi connectivity index (χ2v) is 7.76. The molecule has 0 bridgehead atoms. The highest BCUT2D eigenvalue weighted by atomic mass is 32.2. The van der Waals surface area contributed by atoms with Crippen molar-refractivity contribution in [3.8, 4) is 6.07 Å². The fourth-order valence-corrected chi connectivity index (χ4v) is 5.02. The Morgan fingerprint density at radius 2 is 1.92 bits per heavy atom. The molecule has 3 rings (SSSR count). The zero-order chi connectivity index (χ0) is 18.2. The minimum absolute atomic E-state index is 0.102. The minimum Gasteiger partial charge on any atom is -0.316 e. The van der Waals surface area contributed by atoms with E-state index >= 15 is 0 Å². The number of nitrogens with zero attached hydrogens (tertiary/aromatic N) is 2. The van der Waals surface area contributed by atoms with Crippen LogP contribution in [0.5, 0.6) is 0 Å². The van der Waals surface area contributed by atoms with Gasteiger partial charge in [0.2, 0.25) is 0 Å². The van der Waals surface area contributed by atoms with E-state index in [1.54, 1.807) is 6.07 Å². The van der Waals surface area contributed by atoms with Crippen LogP contribution in [-0.2, 0) is 23.6 Å². The maximum absolute atomic E-state index is 13.5. The standard InChI is InChI=1S/C15H13F3N4O2S/c16-15(17,18)9-7-10-11(8-12(9)25-5-2-20-3-6-25)22(4-1-19)14(24)13(23)21-10/h7-8,20H,2-6H2/p+1. The minimum atomic E-state index is -4.57. The zero-order valence-electron chi connectivity index (χ0n) is 12.9. The number of aromatic nitrogens is 2. The van der Waals surface area contributed by atoms with Crippen molar-refractivity contribution in [3.05, 3.63) is 38.4 Å². The Hall–Kier alpha value is -2.25. The Balaban J connectivity index is 2.34. The van der Waals surface area contributed by atoms with E-state index in [1.165, 1.54) is 6.07 Å². The topological polar surface area (TPSA) is 90.7 Å². The molecule has 0 unspecified atom stereocenters. The van der Waals surface area contributed by atoms with Crippen LogP contribution in [0.4, 0.5) is 13.2 Å². The summed E-state index contributed by atoms with van der Waals surface area (Å²) in [5.41, 5.74) is -2.76. The average molecular weight is 371 g/mol. The lowest BCUT2D eigenvalue weighted by Gasteiger charge is -2.19. The molecule has 0 atom stereocenters. The maximum Gasteiger partial charge on any atom is 0.421 e. The first-order valence-electron chi connectivity index (χ1n) is 7.46. The lowest BCUT2D eigenvalue weighted by molar-refractivity contribution is -0.139. The summed E-state index contributed by atoms with van der Waals surface area (Å²) < 4.78 is 41.5. The average Bonchev–Trinajstić information content (AvgIpc) is 2.58. The van der Waals surface area contributed by atoms with Crippen molar-refractivity contribution in [2.24, 2.45) is 0 Å². The monoisotopic (exact) mass is 371 g/mol. The van der Waals surface area contributed by atoms with Crippen LogP contribution in [-0.4, -0.2) is 34.1 Å². The van der Waals surface area contributed by atoms with E-state index in [1.807, 2.05) is 0 Å². The molecule has 1 aliphatic heterocycles. The first-order chi connectivity index (χ1) is 11.8. The quantitative estimate of drug-likeness (QED) is 0.604. The summed E-state index contributed by atoms with van der Waals surface area (Å²) in [4.78, 5) is 26.0. The van der Waals surface area contributed by atoms with E-state index in [9.17, 15) is 22.8 Å². The third kappa shape index (κ3) is 3.29. The fourth-order valence-electron chi connectivity index (χ4n) is 2.83. The number of hydrogen-bond acceptors (Lipinski definition) is 4. The van der Waals surface area contributed by atoms with Crippen molar-refractivity contribution in [2.75, 3.05) is 24.6 Å². The van der Waals surface area contributed by atoms with Gasteiger partial charge < -0.3 is 10.3 Å². The van der Waals surface area contributed by atoms with Gasteiger partial charge in [-0.3, -0.25) is 14.2 Å². The Morgan fingerprint density at radius 1 is 1.24 bits per heavy atom. The largest absolute Gasteiger partial charge is 0.421 e. The van der Waals surface area contributed by atoms with Crippen LogP contribution >= 0.6 is 0 Å². The molecule has 0 radical (unpaired) electrons. The van der Waals surface area contributed by atoms with Crippen LogP contribution in [0.25, 0.3) is 11.0 Å². The van der Waals surface area contributed by atoms with Gasteiger partial charge in [0.05, 0.1) is 17.1 Å². The number of nitrogens with one attached hydrogen (secondary N) is 2. The molecule has 1 aromatic heterocycles. The van der Waals surface area contributed by atoms with Crippen LogP contribution in [0.1, 0.15) is 5.56 Å². The van der Waals surface area contributed by atoms with Gasteiger partial charge in [-0.1, -0.05) is 0 Å². The van der Waals surface area contributed by atoms with Gasteiger partial charge in [-0.05, 0) is 6.07 Å². The molecule has 2 heterocycles. The van der Waals surface area contributed by atoms with Crippen molar-refractivity contribution >= 4 is 21.9 Å². The van der Waals surface area contributed by atoms with E-state index in [0.29, 0.717) is 24.6 Å². The van der Waals surface area contributed by atoms with Gasteiger partial charge in [-0.2, -0.15) is 18.4 Å². The first kappa shape index (κ1) is 17.6. The number of fused-ring (bicyclic) bond motifs is 1. The van der Waals surface area contributed by atoms with Crippen molar-refractivity contribution in [1.82, 2.24) is 14.9 Å². The Bertz CT molecular complexity index is 968. The van der Waals surface area contributed by atoms with Gasteiger partial charge in [0.1, 0.15) is 23.6 Å². The number of benzene rings is 1. The molecule has 10 heteroatoms. The molecule has 0 spiro atoms. The van der Waals surface area contributed by atoms with Crippen LogP contribution in [0.3, 0.4) is 0 Å². The van der Waals surface area contributed by atoms with Crippen LogP contribution in [0.15, 0.2) is 26.6 Å². The molecular formula is C15H14F3N4O2S+. The first-order valence-corrected chi connectivity index (χ1v) is 9.02. The summed E-state index contributed by atoms with van der Waals surface area (Å²) in [6, 6.07) is 3.94. The summed E-state index contributed by atoms with van der Waals surface area (Å²) in [6.45, 7) is 0.837. The molecule has 132 valence electrons. The van der Waals surface area contributed by atoms with Crippen LogP contribution < -0.4 is 16.4 Å². The summed E-state index contributed by atoms with van der Waals surface area (Å²) in [6.07, 6.45) is -4.57. The molecule has 25 heavy (non-hydrogen) atoms. The zero-order valence-corrected chi connectivity index (χ0v) is 13.8. The van der Waals surface area contributed by atoms with E-state index in [0.717, 1.165) is 10.6 Å². The number of hydrogen-bond donors (Lipinski definition) is 2. The lowest BCUT2D eigenvalue weighted by atomic mass is 10.1. The second kappa shape index (κ2) is 6.57. The number of halogens is 3. The lowest BCUT2D eigenvalue weighted by Crippen LogP contribution is -2.38. The Morgan fingerprint density at radius 3 is 2.52 bits per heavy atom.